The third-order valence-electron chi connectivity index (χ3n) is 4.07. The van der Waals surface area contributed by atoms with Crippen LogP contribution in [0.25, 0.3) is 0 Å². The standard InChI is InChI=1S/C20H18NO3/c1-2-4-17(5-3-1)18(21-10-12-22-13-11-21)8-6-16-7-9-19-20(14-16)24-15-23-19/h1-5,7,9,14H,10-13,15H2/q+1. The number of hydrogen-bond acceptors (Lipinski definition) is 3. The van der Waals surface area contributed by atoms with E-state index in [1.807, 2.05) is 36.4 Å². The predicted molar refractivity (Wildman–Crippen MR) is 90.8 cm³/mol. The Morgan fingerprint density at radius 3 is 2.54 bits per heavy atom. The van der Waals surface area contributed by atoms with Crippen molar-refractivity contribution in [3.05, 3.63) is 59.7 Å². The maximum absolute atomic E-state index is 5.47. The predicted octanol–water partition coefficient (Wildman–Crippen LogP) is 2.30. The summed E-state index contributed by atoms with van der Waals surface area (Å²) in [5.41, 5.74) is 3.09. The first-order valence-electron chi connectivity index (χ1n) is 8.07. The molecule has 24 heavy (non-hydrogen) atoms. The molecule has 0 aliphatic carbocycles. The van der Waals surface area contributed by atoms with Crippen LogP contribution in [0.3, 0.4) is 0 Å². The molecular weight excluding hydrogens is 302 g/mol. The summed E-state index contributed by atoms with van der Waals surface area (Å²) in [6, 6.07) is 16.1. The van der Waals surface area contributed by atoms with Crippen LogP contribution in [0.15, 0.2) is 48.5 Å². The highest BCUT2D eigenvalue weighted by Gasteiger charge is 2.19. The Bertz CT molecular complexity index is 823. The van der Waals surface area contributed by atoms with E-state index < -0.39 is 0 Å². The van der Waals surface area contributed by atoms with Crippen LogP contribution in [0.4, 0.5) is 0 Å². The van der Waals surface area contributed by atoms with Crippen molar-refractivity contribution in [2.45, 2.75) is 0 Å². The Hall–Kier alpha value is -2.77. The minimum atomic E-state index is 0.279. The van der Waals surface area contributed by atoms with Gasteiger partial charge in [0.25, 0.3) is 5.71 Å². The zero-order chi connectivity index (χ0) is 16.2. The minimum absolute atomic E-state index is 0.279. The maximum atomic E-state index is 5.47. The first-order valence-corrected chi connectivity index (χ1v) is 8.07. The molecule has 2 aromatic carbocycles. The molecule has 4 heteroatoms. The summed E-state index contributed by atoms with van der Waals surface area (Å²) in [7, 11) is 0. The van der Waals surface area contributed by atoms with E-state index in [-0.39, 0.29) is 6.79 Å². The molecular formula is C20H18NO3+. The van der Waals surface area contributed by atoms with E-state index in [1.54, 1.807) is 0 Å². The van der Waals surface area contributed by atoms with Gasteiger partial charge in [0, 0.05) is 11.5 Å². The smallest absolute Gasteiger partial charge is 0.259 e. The third kappa shape index (κ3) is 3.12. The fourth-order valence-electron chi connectivity index (χ4n) is 2.82. The van der Waals surface area contributed by atoms with Gasteiger partial charge in [0.15, 0.2) is 24.6 Å². The molecule has 0 amide bonds. The monoisotopic (exact) mass is 320 g/mol. The van der Waals surface area contributed by atoms with Gasteiger partial charge in [0.1, 0.15) is 13.2 Å². The van der Waals surface area contributed by atoms with Crippen LogP contribution in [-0.2, 0) is 4.74 Å². The molecule has 0 atom stereocenters. The average molecular weight is 320 g/mol. The van der Waals surface area contributed by atoms with Crippen molar-refractivity contribution in [3.8, 4) is 23.3 Å². The zero-order valence-electron chi connectivity index (χ0n) is 13.3. The largest absolute Gasteiger partial charge is 0.454 e. The van der Waals surface area contributed by atoms with Gasteiger partial charge in [-0.25, -0.2) is 4.58 Å². The highest BCUT2D eigenvalue weighted by molar-refractivity contribution is 6.10. The number of nitrogens with zero attached hydrogens (tertiary/aromatic N) is 1. The summed E-state index contributed by atoms with van der Waals surface area (Å²) in [5, 5.41) is 0. The van der Waals surface area contributed by atoms with Crippen LogP contribution in [-0.4, -0.2) is 43.4 Å². The van der Waals surface area contributed by atoms with Crippen molar-refractivity contribution in [1.29, 1.82) is 0 Å². The van der Waals surface area contributed by atoms with Gasteiger partial charge < -0.3 is 14.2 Å². The van der Waals surface area contributed by atoms with E-state index >= 15 is 0 Å². The molecule has 2 aromatic rings. The van der Waals surface area contributed by atoms with E-state index in [4.69, 9.17) is 14.2 Å². The Morgan fingerprint density at radius 1 is 0.917 bits per heavy atom. The van der Waals surface area contributed by atoms with Crippen LogP contribution >= 0.6 is 0 Å². The van der Waals surface area contributed by atoms with Crippen molar-refractivity contribution < 1.29 is 18.8 Å². The average Bonchev–Trinajstić information content (AvgIpc) is 3.11. The van der Waals surface area contributed by atoms with E-state index in [0.29, 0.717) is 0 Å². The lowest BCUT2D eigenvalue weighted by molar-refractivity contribution is -0.547. The number of morpholine rings is 1. The molecule has 1 saturated heterocycles. The Balaban J connectivity index is 1.71. The Morgan fingerprint density at radius 2 is 1.71 bits per heavy atom. The van der Waals surface area contributed by atoms with E-state index in [1.165, 1.54) is 0 Å². The number of ether oxygens (including phenoxy) is 3. The summed E-state index contributed by atoms with van der Waals surface area (Å²) in [6.45, 7) is 3.48. The molecule has 0 N–H and O–H groups in total. The molecule has 2 aliphatic rings. The van der Waals surface area contributed by atoms with Gasteiger partial charge >= 0.3 is 0 Å². The fraction of sp³-hybridized carbons (Fsp3) is 0.250. The zero-order valence-corrected chi connectivity index (χ0v) is 13.3. The van der Waals surface area contributed by atoms with Gasteiger partial charge in [0.2, 0.25) is 6.79 Å². The second kappa shape index (κ2) is 6.77. The van der Waals surface area contributed by atoms with Crippen LogP contribution < -0.4 is 9.47 Å². The van der Waals surface area contributed by atoms with Crippen LogP contribution in [0.1, 0.15) is 11.1 Å². The quantitative estimate of drug-likeness (QED) is 0.597. The van der Waals surface area contributed by atoms with E-state index in [2.05, 4.69) is 28.5 Å². The molecule has 0 unspecified atom stereocenters. The molecule has 0 spiro atoms. The van der Waals surface area contributed by atoms with Gasteiger partial charge in [-0.15, -0.1) is 0 Å². The topological polar surface area (TPSA) is 30.7 Å². The van der Waals surface area contributed by atoms with Crippen LogP contribution in [0, 0.1) is 11.8 Å². The van der Waals surface area contributed by atoms with E-state index in [9.17, 15) is 0 Å². The van der Waals surface area contributed by atoms with Crippen molar-refractivity contribution >= 4 is 5.71 Å². The van der Waals surface area contributed by atoms with Crippen molar-refractivity contribution in [2.24, 2.45) is 0 Å². The van der Waals surface area contributed by atoms with Gasteiger partial charge in [-0.05, 0) is 30.3 Å². The molecule has 2 heterocycles. The van der Waals surface area contributed by atoms with Gasteiger partial charge in [-0.1, -0.05) is 24.1 Å². The summed E-state index contributed by atoms with van der Waals surface area (Å²) in [4.78, 5) is 0. The number of hydrogen-bond donors (Lipinski definition) is 0. The number of fused-ring (bicyclic) bond motifs is 1. The minimum Gasteiger partial charge on any atom is -0.454 e. The van der Waals surface area contributed by atoms with Gasteiger partial charge in [-0.3, -0.25) is 0 Å². The second-order valence-electron chi connectivity index (χ2n) is 5.63. The molecule has 0 saturated carbocycles. The first kappa shape index (κ1) is 14.8. The normalized spacial score (nSPS) is 15.6. The molecule has 0 bridgehead atoms. The molecule has 1 fully saturated rings. The van der Waals surface area contributed by atoms with Crippen molar-refractivity contribution in [3.63, 3.8) is 0 Å². The molecule has 4 nitrogen and oxygen atoms in total. The molecule has 0 radical (unpaired) electrons. The summed E-state index contributed by atoms with van der Waals surface area (Å²) in [5.74, 6) is 8.16. The van der Waals surface area contributed by atoms with Crippen molar-refractivity contribution in [1.82, 2.24) is 0 Å². The van der Waals surface area contributed by atoms with Gasteiger partial charge in [0.05, 0.1) is 5.56 Å². The molecule has 120 valence electrons. The number of rotatable bonds is 1. The van der Waals surface area contributed by atoms with Crippen LogP contribution in [0.5, 0.6) is 11.5 Å². The second-order valence-corrected chi connectivity index (χ2v) is 5.63. The summed E-state index contributed by atoms with van der Waals surface area (Å²) >= 11 is 0. The Kier molecular flexibility index (Phi) is 4.18. The molecule has 0 aromatic heterocycles. The molecule has 4 rings (SSSR count). The third-order valence-corrected chi connectivity index (χ3v) is 4.07. The highest BCUT2D eigenvalue weighted by Crippen LogP contribution is 2.32. The Labute approximate surface area is 141 Å². The lowest BCUT2D eigenvalue weighted by Gasteiger charge is -2.12. The van der Waals surface area contributed by atoms with Crippen molar-refractivity contribution in [2.75, 3.05) is 33.1 Å². The van der Waals surface area contributed by atoms with E-state index in [0.717, 1.165) is 54.6 Å². The highest BCUT2D eigenvalue weighted by atomic mass is 16.7. The maximum Gasteiger partial charge on any atom is 0.259 e. The lowest BCUT2D eigenvalue weighted by atomic mass is 10.1. The van der Waals surface area contributed by atoms with Crippen LogP contribution in [0.2, 0.25) is 0 Å². The SMILES string of the molecule is C(#Cc1ccc2c(c1)OCO2)C(c1ccccc1)=[N+]1CCOCC1. The summed E-state index contributed by atoms with van der Waals surface area (Å²) in [6.07, 6.45) is 0. The fourth-order valence-corrected chi connectivity index (χ4v) is 2.82. The lowest BCUT2D eigenvalue weighted by Crippen LogP contribution is -2.33. The molecule has 2 aliphatic heterocycles. The number of benzene rings is 2. The first-order chi connectivity index (χ1) is 11.9. The van der Waals surface area contributed by atoms with Gasteiger partial charge in [-0.2, -0.15) is 0 Å². The summed E-state index contributed by atoms with van der Waals surface area (Å²) < 4.78 is 18.5.